The minimum atomic E-state index is -0.651. The highest BCUT2D eigenvalue weighted by Gasteiger charge is 2.19. The predicted octanol–water partition coefficient (Wildman–Crippen LogP) is 4.78. The molecule has 2 aromatic carbocycles. The van der Waals surface area contributed by atoms with E-state index in [0.717, 1.165) is 5.56 Å². The summed E-state index contributed by atoms with van der Waals surface area (Å²) in [4.78, 5) is 22.7. The molecule has 4 rings (SSSR count). The smallest absolute Gasteiger partial charge is 0.358 e. The Bertz CT molecular complexity index is 1340. The number of nitrogens with one attached hydrogen (secondary N) is 1. The van der Waals surface area contributed by atoms with E-state index in [4.69, 9.17) is 23.2 Å². The van der Waals surface area contributed by atoms with Crippen LogP contribution in [0.25, 0.3) is 0 Å². The fourth-order valence-electron chi connectivity index (χ4n) is 3.07. The third-order valence-corrected chi connectivity index (χ3v) is 5.28. The zero-order valence-electron chi connectivity index (χ0n) is 16.8. The SMILES string of the molecule is O=C(Nc1ccn(Cc2ccc(F)cc2Cl)n1)c1ccc(Cn2cc(Cl)c([N+](=O)[O-])n2)cc1. The second kappa shape index (κ2) is 9.39. The first-order valence-corrected chi connectivity index (χ1v) is 10.3. The minimum Gasteiger partial charge on any atom is -0.358 e. The van der Waals surface area contributed by atoms with E-state index in [9.17, 15) is 19.3 Å². The van der Waals surface area contributed by atoms with Gasteiger partial charge in [0.1, 0.15) is 5.82 Å². The molecule has 0 fully saturated rings. The number of carbonyl (C=O) groups is 1. The molecule has 4 aromatic rings. The molecule has 0 atom stereocenters. The number of hydrogen-bond donors (Lipinski definition) is 1. The molecule has 0 aliphatic rings. The summed E-state index contributed by atoms with van der Waals surface area (Å²) < 4.78 is 16.1. The molecule has 0 bridgehead atoms. The third kappa shape index (κ3) is 5.36. The number of amides is 1. The van der Waals surface area contributed by atoms with Crippen molar-refractivity contribution in [2.45, 2.75) is 13.1 Å². The van der Waals surface area contributed by atoms with Gasteiger partial charge in [-0.2, -0.15) is 9.78 Å². The average molecular weight is 489 g/mol. The van der Waals surface area contributed by atoms with E-state index in [2.05, 4.69) is 15.5 Å². The highest BCUT2D eigenvalue weighted by atomic mass is 35.5. The topological polar surface area (TPSA) is 108 Å². The van der Waals surface area contributed by atoms with E-state index < -0.39 is 16.6 Å². The number of aromatic nitrogens is 4. The van der Waals surface area contributed by atoms with Crippen LogP contribution in [0.4, 0.5) is 16.0 Å². The molecule has 0 aliphatic carbocycles. The number of halogens is 3. The second-order valence-electron chi connectivity index (χ2n) is 7.04. The molecule has 1 N–H and O–H groups in total. The molecule has 0 saturated carbocycles. The van der Waals surface area contributed by atoms with Crippen molar-refractivity contribution in [2.24, 2.45) is 0 Å². The Balaban J connectivity index is 1.38. The maximum absolute atomic E-state index is 13.2. The van der Waals surface area contributed by atoms with E-state index in [0.29, 0.717) is 28.5 Å². The van der Waals surface area contributed by atoms with Gasteiger partial charge >= 0.3 is 5.82 Å². The molecule has 9 nitrogen and oxygen atoms in total. The van der Waals surface area contributed by atoms with Crippen molar-refractivity contribution in [3.63, 3.8) is 0 Å². The molecule has 12 heteroatoms. The summed E-state index contributed by atoms with van der Waals surface area (Å²) in [6.45, 7) is 0.575. The quantitative estimate of drug-likeness (QED) is 0.297. The van der Waals surface area contributed by atoms with Crippen LogP contribution in [0.5, 0.6) is 0 Å². The van der Waals surface area contributed by atoms with Gasteiger partial charge in [0.2, 0.25) is 0 Å². The maximum Gasteiger partial charge on any atom is 0.408 e. The van der Waals surface area contributed by atoms with E-state index in [-0.39, 0.29) is 17.5 Å². The number of anilines is 1. The van der Waals surface area contributed by atoms with Crippen molar-refractivity contribution >= 4 is 40.7 Å². The first kappa shape index (κ1) is 22.4. The van der Waals surface area contributed by atoms with Crippen molar-refractivity contribution < 1.29 is 14.1 Å². The number of carbonyl (C=O) groups excluding carboxylic acids is 1. The van der Waals surface area contributed by atoms with Gasteiger partial charge in [0.25, 0.3) is 5.91 Å². The van der Waals surface area contributed by atoms with Crippen molar-refractivity contribution in [2.75, 3.05) is 5.32 Å². The summed E-state index contributed by atoms with van der Waals surface area (Å²) >= 11 is 11.8. The number of nitrogens with zero attached hydrogens (tertiary/aromatic N) is 5. The molecule has 1 amide bonds. The van der Waals surface area contributed by atoms with E-state index in [1.54, 1.807) is 47.3 Å². The second-order valence-corrected chi connectivity index (χ2v) is 7.86. The monoisotopic (exact) mass is 488 g/mol. The first-order chi connectivity index (χ1) is 15.8. The largest absolute Gasteiger partial charge is 0.408 e. The van der Waals surface area contributed by atoms with Crippen molar-refractivity contribution in [1.82, 2.24) is 19.6 Å². The van der Waals surface area contributed by atoms with Gasteiger partial charge < -0.3 is 15.4 Å². The number of hydrogen-bond acceptors (Lipinski definition) is 5. The lowest BCUT2D eigenvalue weighted by molar-refractivity contribution is -0.389. The molecule has 2 aromatic heterocycles. The molecule has 0 saturated heterocycles. The van der Waals surface area contributed by atoms with Crippen LogP contribution in [0.1, 0.15) is 21.5 Å². The Morgan fingerprint density at radius 2 is 1.79 bits per heavy atom. The molecule has 0 aliphatic heterocycles. The normalized spacial score (nSPS) is 10.9. The van der Waals surface area contributed by atoms with Crippen LogP contribution in [0.15, 0.2) is 60.9 Å². The summed E-state index contributed by atoms with van der Waals surface area (Å²) in [6.07, 6.45) is 3.04. The lowest BCUT2D eigenvalue weighted by Gasteiger charge is -2.06. The van der Waals surface area contributed by atoms with Crippen LogP contribution in [-0.2, 0) is 13.1 Å². The van der Waals surface area contributed by atoms with Gasteiger partial charge in [-0.15, -0.1) is 0 Å². The summed E-state index contributed by atoms with van der Waals surface area (Å²) in [7, 11) is 0. The Morgan fingerprint density at radius 3 is 2.45 bits per heavy atom. The Kier molecular flexibility index (Phi) is 6.38. The summed E-state index contributed by atoms with van der Waals surface area (Å²) in [5.74, 6) is -0.836. The van der Waals surface area contributed by atoms with Gasteiger partial charge in [0, 0.05) is 22.8 Å². The predicted molar refractivity (Wildman–Crippen MR) is 120 cm³/mol. The Hall–Kier alpha value is -3.76. The van der Waals surface area contributed by atoms with Crippen molar-refractivity contribution in [3.05, 3.63) is 104 Å². The average Bonchev–Trinajstić information content (AvgIpc) is 3.36. The Labute approximate surface area is 196 Å². The van der Waals surface area contributed by atoms with Gasteiger partial charge in [-0.1, -0.05) is 41.4 Å². The number of nitro groups is 1. The van der Waals surface area contributed by atoms with Crippen LogP contribution in [0.3, 0.4) is 0 Å². The van der Waals surface area contributed by atoms with E-state index >= 15 is 0 Å². The number of benzene rings is 2. The highest BCUT2D eigenvalue weighted by Crippen LogP contribution is 2.22. The molecule has 168 valence electrons. The first-order valence-electron chi connectivity index (χ1n) is 9.53. The lowest BCUT2D eigenvalue weighted by Crippen LogP contribution is -2.13. The van der Waals surface area contributed by atoms with Crippen LogP contribution in [0.2, 0.25) is 10.0 Å². The number of rotatable bonds is 7. The van der Waals surface area contributed by atoms with Gasteiger partial charge in [0.15, 0.2) is 10.8 Å². The van der Waals surface area contributed by atoms with Crippen LogP contribution < -0.4 is 5.32 Å². The van der Waals surface area contributed by atoms with Gasteiger partial charge in [-0.25, -0.2) is 4.39 Å². The van der Waals surface area contributed by atoms with Crippen molar-refractivity contribution in [3.8, 4) is 0 Å². The van der Waals surface area contributed by atoms with Gasteiger partial charge in [0.05, 0.1) is 24.4 Å². The standard InChI is InChI=1S/C21H15Cl2FN6O3/c22-17-9-16(24)6-5-15(17)11-28-8-7-19(26-28)25-21(31)14-3-1-13(2-4-14)10-29-12-18(23)20(27-29)30(32)33/h1-9,12H,10-11H2,(H,25,26,31). The van der Waals surface area contributed by atoms with Crippen LogP contribution >= 0.6 is 23.2 Å². The molecule has 0 spiro atoms. The zero-order chi connectivity index (χ0) is 23.5. The lowest BCUT2D eigenvalue weighted by atomic mass is 10.1. The molecule has 0 unspecified atom stereocenters. The van der Waals surface area contributed by atoms with Crippen LogP contribution in [0, 0.1) is 15.9 Å². The van der Waals surface area contributed by atoms with E-state index in [1.165, 1.54) is 23.0 Å². The molecule has 2 heterocycles. The van der Waals surface area contributed by atoms with Crippen molar-refractivity contribution in [1.29, 1.82) is 0 Å². The highest BCUT2D eigenvalue weighted by molar-refractivity contribution is 6.32. The zero-order valence-corrected chi connectivity index (χ0v) is 18.3. The Morgan fingerprint density at radius 1 is 1.03 bits per heavy atom. The summed E-state index contributed by atoms with van der Waals surface area (Å²) in [6, 6.07) is 12.4. The fraction of sp³-hybridized carbons (Fsp3) is 0.0952. The summed E-state index contributed by atoms with van der Waals surface area (Å²) in [5.41, 5.74) is 1.87. The molecular weight excluding hydrogens is 474 g/mol. The maximum atomic E-state index is 13.2. The molecule has 0 radical (unpaired) electrons. The third-order valence-electron chi connectivity index (χ3n) is 4.66. The molecule has 33 heavy (non-hydrogen) atoms. The van der Waals surface area contributed by atoms with E-state index in [1.807, 2.05) is 0 Å². The van der Waals surface area contributed by atoms with Gasteiger partial charge in [-0.3, -0.25) is 9.48 Å². The van der Waals surface area contributed by atoms with Crippen LogP contribution in [-0.4, -0.2) is 30.4 Å². The molecular formula is C21H15Cl2FN6O3. The minimum absolute atomic E-state index is 0.0443. The fourth-order valence-corrected chi connectivity index (χ4v) is 3.52. The van der Waals surface area contributed by atoms with Gasteiger partial charge in [-0.05, 0) is 40.3 Å². The summed E-state index contributed by atoms with van der Waals surface area (Å²) in [5, 5.41) is 21.9.